The van der Waals surface area contributed by atoms with Crippen molar-refractivity contribution in [1.82, 2.24) is 10.3 Å². The van der Waals surface area contributed by atoms with Crippen molar-refractivity contribution >= 4 is 22.7 Å². The van der Waals surface area contributed by atoms with E-state index in [0.29, 0.717) is 29.5 Å². The molecule has 0 radical (unpaired) electrons. The van der Waals surface area contributed by atoms with Gasteiger partial charge in [0, 0.05) is 12.5 Å². The molecule has 146 valence electrons. The van der Waals surface area contributed by atoms with Crippen molar-refractivity contribution in [2.45, 2.75) is 26.0 Å². The van der Waals surface area contributed by atoms with Gasteiger partial charge in [-0.3, -0.25) is 4.79 Å². The van der Waals surface area contributed by atoms with E-state index in [2.05, 4.69) is 10.3 Å². The Bertz CT molecular complexity index is 994. The lowest BCUT2D eigenvalue weighted by atomic mass is 10.2. The summed E-state index contributed by atoms with van der Waals surface area (Å²) in [4.78, 5) is 16.6. The lowest BCUT2D eigenvalue weighted by Gasteiger charge is -2.07. The molecule has 3 N–H and O–H groups in total. The van der Waals surface area contributed by atoms with Gasteiger partial charge in [0.2, 0.25) is 0 Å². The Labute approximate surface area is 162 Å². The molecule has 7 nitrogen and oxygen atoms in total. The van der Waals surface area contributed by atoms with E-state index in [4.69, 9.17) is 19.6 Å². The normalized spacial score (nSPS) is 13.6. The number of amides is 1. The highest BCUT2D eigenvalue weighted by molar-refractivity contribution is 5.98. The number of nitrogens with one attached hydrogen (secondary N) is 1. The van der Waals surface area contributed by atoms with Crippen LogP contribution < -0.4 is 15.8 Å². The molecule has 1 aromatic carbocycles. The van der Waals surface area contributed by atoms with Gasteiger partial charge in [0.05, 0.1) is 31.0 Å². The first-order chi connectivity index (χ1) is 13.6. The van der Waals surface area contributed by atoms with Gasteiger partial charge in [-0.25, -0.2) is 4.98 Å². The van der Waals surface area contributed by atoms with Crippen LogP contribution in [0.25, 0.3) is 11.0 Å². The van der Waals surface area contributed by atoms with Crippen LogP contribution in [0.4, 0.5) is 5.82 Å². The number of hydrogen-bond donors (Lipinski definition) is 2. The quantitative estimate of drug-likeness (QED) is 0.621. The summed E-state index contributed by atoms with van der Waals surface area (Å²) in [5, 5.41) is 3.76. The van der Waals surface area contributed by atoms with Gasteiger partial charge in [0.1, 0.15) is 22.9 Å². The Hall–Kier alpha value is -3.06. The second-order valence-corrected chi connectivity index (χ2v) is 7.02. The number of hydrogen-bond acceptors (Lipinski definition) is 6. The van der Waals surface area contributed by atoms with Crippen molar-refractivity contribution in [3.05, 3.63) is 53.4 Å². The van der Waals surface area contributed by atoms with Crippen molar-refractivity contribution in [3.63, 3.8) is 0 Å². The average molecular weight is 381 g/mol. The molecule has 28 heavy (non-hydrogen) atoms. The van der Waals surface area contributed by atoms with Crippen LogP contribution in [0.2, 0.25) is 0 Å². The van der Waals surface area contributed by atoms with E-state index in [1.807, 2.05) is 24.3 Å². The summed E-state index contributed by atoms with van der Waals surface area (Å²) in [5.74, 6) is 2.07. The zero-order valence-electron chi connectivity index (χ0n) is 15.7. The van der Waals surface area contributed by atoms with Gasteiger partial charge in [-0.2, -0.15) is 0 Å². The predicted octanol–water partition coefficient (Wildman–Crippen LogP) is 3.28. The van der Waals surface area contributed by atoms with Crippen LogP contribution in [0.3, 0.4) is 0 Å². The fourth-order valence-electron chi connectivity index (χ4n) is 2.95. The zero-order valence-corrected chi connectivity index (χ0v) is 15.7. The minimum absolute atomic E-state index is 0.175. The second-order valence-electron chi connectivity index (χ2n) is 7.02. The van der Waals surface area contributed by atoms with Crippen LogP contribution in [0.5, 0.6) is 5.75 Å². The molecule has 0 saturated heterocycles. The number of nitrogen functional groups attached to an aromatic ring is 1. The maximum Gasteiger partial charge on any atom is 0.255 e. The third kappa shape index (κ3) is 4.26. The molecule has 0 spiro atoms. The Kier molecular flexibility index (Phi) is 5.16. The van der Waals surface area contributed by atoms with Gasteiger partial charge < -0.3 is 24.9 Å². The molecular weight excluding hydrogens is 358 g/mol. The number of ether oxygens (including phenoxy) is 2. The van der Waals surface area contributed by atoms with Gasteiger partial charge >= 0.3 is 0 Å². The summed E-state index contributed by atoms with van der Waals surface area (Å²) >= 11 is 0. The number of nitrogens with two attached hydrogens (primary N) is 1. The Morgan fingerprint density at radius 2 is 2.14 bits per heavy atom. The molecule has 2 aromatic heterocycles. The summed E-state index contributed by atoms with van der Waals surface area (Å²) in [6, 6.07) is 11.0. The number of anilines is 1. The van der Waals surface area contributed by atoms with Crippen molar-refractivity contribution in [1.29, 1.82) is 0 Å². The summed E-state index contributed by atoms with van der Waals surface area (Å²) < 4.78 is 16.6. The van der Waals surface area contributed by atoms with Crippen LogP contribution in [-0.4, -0.2) is 24.6 Å². The Morgan fingerprint density at radius 1 is 1.29 bits per heavy atom. The van der Waals surface area contributed by atoms with Gasteiger partial charge in [0.15, 0.2) is 0 Å². The minimum atomic E-state index is -0.303. The van der Waals surface area contributed by atoms with E-state index in [-0.39, 0.29) is 18.3 Å². The number of carbonyl (C=O) groups excluding carboxylic acids is 1. The highest BCUT2D eigenvalue weighted by Crippen LogP contribution is 2.30. The van der Waals surface area contributed by atoms with Crippen LogP contribution in [0.1, 0.15) is 34.7 Å². The van der Waals surface area contributed by atoms with Crippen molar-refractivity contribution < 1.29 is 18.7 Å². The van der Waals surface area contributed by atoms with Crippen molar-refractivity contribution in [2.75, 3.05) is 19.5 Å². The first-order valence-corrected chi connectivity index (χ1v) is 9.30. The predicted molar refractivity (Wildman–Crippen MR) is 105 cm³/mol. The van der Waals surface area contributed by atoms with Crippen LogP contribution in [0, 0.1) is 5.92 Å². The molecule has 1 fully saturated rings. The molecule has 0 aliphatic heterocycles. The van der Waals surface area contributed by atoms with E-state index in [1.54, 1.807) is 19.2 Å². The summed E-state index contributed by atoms with van der Waals surface area (Å²) in [6.45, 7) is 1.37. The summed E-state index contributed by atoms with van der Waals surface area (Å²) in [5.41, 5.74) is 7.65. The highest BCUT2D eigenvalue weighted by Gasteiger charge is 2.22. The maximum absolute atomic E-state index is 12.4. The largest absolute Gasteiger partial charge is 0.493 e. The standard InChI is InChI=1S/C21H23N3O4/c1-26-12-15-4-6-18(20(22)24-15)21(25)23-10-17-9-14-8-16(5-7-19(14)28-17)27-11-13-2-3-13/h4-9,13H,2-3,10-12H2,1H3,(H2,22,24)(H,23,25). The number of fused-ring (bicyclic) bond motifs is 1. The SMILES string of the molecule is COCc1ccc(C(=O)NCc2cc3cc(OCC4CC4)ccc3o2)c(N)n1. The molecular formula is C21H23N3O4. The number of nitrogens with zero attached hydrogens (tertiary/aromatic N) is 1. The fourth-order valence-corrected chi connectivity index (χ4v) is 2.95. The van der Waals surface area contributed by atoms with Crippen LogP contribution >= 0.6 is 0 Å². The van der Waals surface area contributed by atoms with E-state index >= 15 is 0 Å². The number of carbonyl (C=O) groups is 1. The van der Waals surface area contributed by atoms with Crippen LogP contribution in [0.15, 0.2) is 40.8 Å². The number of benzene rings is 1. The smallest absolute Gasteiger partial charge is 0.255 e. The maximum atomic E-state index is 12.4. The molecule has 0 bridgehead atoms. The second kappa shape index (κ2) is 7.90. The number of aromatic nitrogens is 1. The van der Waals surface area contributed by atoms with E-state index < -0.39 is 0 Å². The number of methoxy groups -OCH3 is 1. The number of pyridine rings is 1. The van der Waals surface area contributed by atoms with Gasteiger partial charge in [-0.05, 0) is 55.2 Å². The summed E-state index contributed by atoms with van der Waals surface area (Å²) in [7, 11) is 1.58. The monoisotopic (exact) mass is 381 g/mol. The molecule has 0 atom stereocenters. The Morgan fingerprint density at radius 3 is 2.89 bits per heavy atom. The molecule has 4 rings (SSSR count). The topological polar surface area (TPSA) is 99.6 Å². The lowest BCUT2D eigenvalue weighted by molar-refractivity contribution is 0.0948. The molecule has 7 heteroatoms. The van der Waals surface area contributed by atoms with E-state index in [1.165, 1.54) is 12.8 Å². The first kappa shape index (κ1) is 18.3. The minimum Gasteiger partial charge on any atom is -0.493 e. The molecule has 1 amide bonds. The molecule has 0 unspecified atom stereocenters. The van der Waals surface area contributed by atoms with Gasteiger partial charge in [-0.1, -0.05) is 0 Å². The summed E-state index contributed by atoms with van der Waals surface area (Å²) in [6.07, 6.45) is 2.51. The zero-order chi connectivity index (χ0) is 19.5. The van der Waals surface area contributed by atoms with Gasteiger partial charge in [0.25, 0.3) is 5.91 Å². The molecule has 2 heterocycles. The molecule has 1 aliphatic rings. The third-order valence-corrected chi connectivity index (χ3v) is 4.66. The van der Waals surface area contributed by atoms with Gasteiger partial charge in [-0.15, -0.1) is 0 Å². The number of rotatable bonds is 8. The average Bonchev–Trinajstić information content (AvgIpc) is 3.42. The number of furan rings is 1. The molecule has 3 aromatic rings. The highest BCUT2D eigenvalue weighted by atomic mass is 16.5. The fraction of sp³-hybridized carbons (Fsp3) is 0.333. The Balaban J connectivity index is 1.39. The third-order valence-electron chi connectivity index (χ3n) is 4.66. The van der Waals surface area contributed by atoms with Crippen molar-refractivity contribution in [3.8, 4) is 5.75 Å². The molecule has 1 saturated carbocycles. The first-order valence-electron chi connectivity index (χ1n) is 9.30. The molecule has 1 aliphatic carbocycles. The van der Waals surface area contributed by atoms with Crippen molar-refractivity contribution in [2.24, 2.45) is 5.92 Å². The lowest BCUT2D eigenvalue weighted by Crippen LogP contribution is -2.24. The van der Waals surface area contributed by atoms with Crippen LogP contribution in [-0.2, 0) is 17.9 Å². The van der Waals surface area contributed by atoms with E-state index in [0.717, 1.165) is 23.3 Å². The van der Waals surface area contributed by atoms with E-state index in [9.17, 15) is 4.79 Å².